The number of ether oxygens (including phenoxy) is 1. The summed E-state index contributed by atoms with van der Waals surface area (Å²) < 4.78 is 5.11. The van der Waals surface area contributed by atoms with Crippen LogP contribution in [0.25, 0.3) is 0 Å². The first-order valence-electron chi connectivity index (χ1n) is 11.6. The molecule has 0 saturated heterocycles. The lowest BCUT2D eigenvalue weighted by Crippen LogP contribution is -2.29. The van der Waals surface area contributed by atoms with Gasteiger partial charge in [0, 0.05) is 18.3 Å². The first-order chi connectivity index (χ1) is 17.6. The summed E-state index contributed by atoms with van der Waals surface area (Å²) in [5.74, 6) is -2.31. The van der Waals surface area contributed by atoms with Crippen molar-refractivity contribution in [2.75, 3.05) is 22.1 Å². The fourth-order valence-electron chi connectivity index (χ4n) is 3.86. The quantitative estimate of drug-likeness (QED) is 0.368. The maximum absolute atomic E-state index is 13.0. The van der Waals surface area contributed by atoms with Crippen molar-refractivity contribution < 1.29 is 28.7 Å². The third kappa shape index (κ3) is 5.56. The lowest BCUT2D eigenvalue weighted by Gasteiger charge is -2.14. The number of hydrogen-bond donors (Lipinski definition) is 2. The predicted molar refractivity (Wildman–Crippen MR) is 138 cm³/mol. The zero-order chi connectivity index (χ0) is 26.7. The maximum atomic E-state index is 13.0. The number of anilines is 3. The molecule has 4 rings (SSSR count). The molecule has 9 heteroatoms. The van der Waals surface area contributed by atoms with Gasteiger partial charge in [-0.2, -0.15) is 0 Å². The molecule has 3 aromatic carbocycles. The highest BCUT2D eigenvalue weighted by Gasteiger charge is 2.37. The first-order valence-corrected chi connectivity index (χ1v) is 11.6. The van der Waals surface area contributed by atoms with Crippen LogP contribution in [0.1, 0.15) is 63.3 Å². The number of carbonyl (C=O) groups excluding carboxylic acids is 5. The summed E-state index contributed by atoms with van der Waals surface area (Å²) in [6.45, 7) is 5.00. The van der Waals surface area contributed by atoms with Gasteiger partial charge in [0.15, 0.2) is 6.61 Å². The largest absolute Gasteiger partial charge is 0.452 e. The molecule has 9 nitrogen and oxygen atoms in total. The normalized spacial score (nSPS) is 12.4. The van der Waals surface area contributed by atoms with Gasteiger partial charge in [-0.05, 0) is 66.1 Å². The van der Waals surface area contributed by atoms with Gasteiger partial charge >= 0.3 is 5.97 Å². The van der Waals surface area contributed by atoms with Crippen LogP contribution in [0.15, 0.2) is 66.7 Å². The minimum atomic E-state index is -0.800. The van der Waals surface area contributed by atoms with E-state index in [0.717, 1.165) is 10.5 Å². The highest BCUT2D eigenvalue weighted by molar-refractivity contribution is 6.34. The summed E-state index contributed by atoms with van der Waals surface area (Å²) in [5.41, 5.74) is 2.80. The molecule has 3 aromatic rings. The molecule has 4 amide bonds. The van der Waals surface area contributed by atoms with E-state index in [2.05, 4.69) is 24.5 Å². The number of rotatable bonds is 7. The molecule has 0 atom stereocenters. The molecular weight excluding hydrogens is 474 g/mol. The molecule has 1 heterocycles. The van der Waals surface area contributed by atoms with Gasteiger partial charge in [-0.15, -0.1) is 0 Å². The molecule has 0 unspecified atom stereocenters. The number of amides is 4. The molecule has 0 bridgehead atoms. The number of carbonyl (C=O) groups is 5. The van der Waals surface area contributed by atoms with E-state index in [1.165, 1.54) is 37.3 Å². The molecule has 0 fully saturated rings. The monoisotopic (exact) mass is 499 g/mol. The lowest BCUT2D eigenvalue weighted by molar-refractivity contribution is -0.119. The third-order valence-corrected chi connectivity index (χ3v) is 5.76. The highest BCUT2D eigenvalue weighted by Crippen LogP contribution is 2.30. The van der Waals surface area contributed by atoms with Crippen molar-refractivity contribution in [1.29, 1.82) is 0 Å². The Bertz CT molecular complexity index is 1390. The molecule has 188 valence electrons. The van der Waals surface area contributed by atoms with Gasteiger partial charge in [0.25, 0.3) is 17.7 Å². The minimum Gasteiger partial charge on any atom is -0.452 e. The molecule has 2 N–H and O–H groups in total. The van der Waals surface area contributed by atoms with Crippen molar-refractivity contribution in [2.45, 2.75) is 26.7 Å². The second-order valence-electron chi connectivity index (χ2n) is 8.84. The summed E-state index contributed by atoms with van der Waals surface area (Å²) in [5, 5.41) is 5.28. The zero-order valence-electron chi connectivity index (χ0n) is 20.5. The van der Waals surface area contributed by atoms with E-state index < -0.39 is 30.3 Å². The Morgan fingerprint density at radius 3 is 2.03 bits per heavy atom. The average molecular weight is 500 g/mol. The SMILES string of the molecule is CC(=O)Nc1ccc(N2C(=O)c3ccc(C(=O)OCC(=O)Nc4ccc(C(C)C)cc4)cc3C2=O)cc1. The van der Waals surface area contributed by atoms with Crippen molar-refractivity contribution in [3.63, 3.8) is 0 Å². The van der Waals surface area contributed by atoms with Crippen molar-refractivity contribution in [3.8, 4) is 0 Å². The molecule has 1 aliphatic rings. The molecule has 0 spiro atoms. The van der Waals surface area contributed by atoms with E-state index in [-0.39, 0.29) is 22.6 Å². The summed E-state index contributed by atoms with van der Waals surface area (Å²) in [6.07, 6.45) is 0. The average Bonchev–Trinajstić information content (AvgIpc) is 3.12. The topological polar surface area (TPSA) is 122 Å². The zero-order valence-corrected chi connectivity index (χ0v) is 20.5. The predicted octanol–water partition coefficient (Wildman–Crippen LogP) is 4.36. The number of esters is 1. The maximum Gasteiger partial charge on any atom is 0.338 e. The van der Waals surface area contributed by atoms with E-state index in [4.69, 9.17) is 4.74 Å². The van der Waals surface area contributed by atoms with Crippen molar-refractivity contribution >= 4 is 46.7 Å². The van der Waals surface area contributed by atoms with Crippen LogP contribution in [0, 0.1) is 0 Å². The fourth-order valence-corrected chi connectivity index (χ4v) is 3.86. The Morgan fingerprint density at radius 2 is 1.41 bits per heavy atom. The Labute approximate surface area is 213 Å². The second kappa shape index (κ2) is 10.4. The number of benzene rings is 3. The van der Waals surface area contributed by atoms with Gasteiger partial charge in [0.05, 0.1) is 22.4 Å². The first kappa shape index (κ1) is 25.3. The Kier molecular flexibility index (Phi) is 7.15. The van der Waals surface area contributed by atoms with E-state index in [1.807, 2.05) is 12.1 Å². The van der Waals surface area contributed by atoms with Gasteiger partial charge < -0.3 is 15.4 Å². The third-order valence-electron chi connectivity index (χ3n) is 5.76. The molecular formula is C28H25N3O6. The highest BCUT2D eigenvalue weighted by atomic mass is 16.5. The smallest absolute Gasteiger partial charge is 0.338 e. The van der Waals surface area contributed by atoms with E-state index in [0.29, 0.717) is 23.0 Å². The van der Waals surface area contributed by atoms with Crippen LogP contribution in [0.3, 0.4) is 0 Å². The van der Waals surface area contributed by atoms with Crippen molar-refractivity contribution in [1.82, 2.24) is 0 Å². The molecule has 0 aromatic heterocycles. The Hall–Kier alpha value is -4.79. The summed E-state index contributed by atoms with van der Waals surface area (Å²) in [4.78, 5) is 62.8. The molecule has 1 aliphatic heterocycles. The van der Waals surface area contributed by atoms with Gasteiger partial charge in [-0.1, -0.05) is 26.0 Å². The van der Waals surface area contributed by atoms with Crippen LogP contribution in [0.2, 0.25) is 0 Å². The van der Waals surface area contributed by atoms with Crippen LogP contribution in [0.4, 0.5) is 17.1 Å². The van der Waals surface area contributed by atoms with Crippen LogP contribution in [-0.2, 0) is 14.3 Å². The van der Waals surface area contributed by atoms with Crippen molar-refractivity contribution in [2.24, 2.45) is 0 Å². The molecule has 0 saturated carbocycles. The number of nitrogens with one attached hydrogen (secondary N) is 2. The van der Waals surface area contributed by atoms with Crippen LogP contribution < -0.4 is 15.5 Å². The molecule has 0 radical (unpaired) electrons. The standard InChI is InChI=1S/C28H25N3O6/c1-16(2)18-4-7-21(8-5-18)30-25(33)15-37-28(36)19-6-13-23-24(14-19)27(35)31(26(23)34)22-11-9-20(10-12-22)29-17(3)32/h4-14,16H,15H2,1-3H3,(H,29,32)(H,30,33). The van der Waals surface area contributed by atoms with E-state index in [1.54, 1.807) is 24.3 Å². The fraction of sp³-hybridized carbons (Fsp3) is 0.179. The number of imide groups is 1. The summed E-state index contributed by atoms with van der Waals surface area (Å²) in [7, 11) is 0. The minimum absolute atomic E-state index is 0.0387. The van der Waals surface area contributed by atoms with Crippen molar-refractivity contribution in [3.05, 3.63) is 89.0 Å². The van der Waals surface area contributed by atoms with Gasteiger partial charge in [0.1, 0.15) is 0 Å². The Balaban J connectivity index is 1.40. The van der Waals surface area contributed by atoms with Crippen LogP contribution in [-0.4, -0.2) is 36.2 Å². The van der Waals surface area contributed by atoms with Gasteiger partial charge in [-0.3, -0.25) is 19.2 Å². The molecule has 0 aliphatic carbocycles. The van der Waals surface area contributed by atoms with E-state index >= 15 is 0 Å². The van der Waals surface area contributed by atoms with Crippen LogP contribution >= 0.6 is 0 Å². The lowest BCUT2D eigenvalue weighted by atomic mass is 10.0. The van der Waals surface area contributed by atoms with Gasteiger partial charge in [-0.25, -0.2) is 9.69 Å². The van der Waals surface area contributed by atoms with Crippen LogP contribution in [0.5, 0.6) is 0 Å². The number of fused-ring (bicyclic) bond motifs is 1. The van der Waals surface area contributed by atoms with Gasteiger partial charge in [0.2, 0.25) is 5.91 Å². The second-order valence-corrected chi connectivity index (χ2v) is 8.84. The number of nitrogens with zero attached hydrogens (tertiary/aromatic N) is 1. The summed E-state index contributed by atoms with van der Waals surface area (Å²) >= 11 is 0. The number of hydrogen-bond acceptors (Lipinski definition) is 6. The summed E-state index contributed by atoms with van der Waals surface area (Å²) in [6, 6.07) is 17.6. The Morgan fingerprint density at radius 1 is 0.811 bits per heavy atom. The molecule has 37 heavy (non-hydrogen) atoms. The van der Waals surface area contributed by atoms with E-state index in [9.17, 15) is 24.0 Å².